The summed E-state index contributed by atoms with van der Waals surface area (Å²) in [7, 11) is 1.32. The lowest BCUT2D eigenvalue weighted by molar-refractivity contribution is -0.137. The molecule has 1 atom stereocenters. The van der Waals surface area contributed by atoms with Crippen molar-refractivity contribution in [2.75, 3.05) is 13.7 Å². The van der Waals surface area contributed by atoms with Crippen LogP contribution in [0.1, 0.15) is 35.3 Å². The third-order valence-corrected chi connectivity index (χ3v) is 4.39. The molecule has 0 spiro atoms. The van der Waals surface area contributed by atoms with Crippen LogP contribution in [0.15, 0.2) is 30.5 Å². The summed E-state index contributed by atoms with van der Waals surface area (Å²) < 4.78 is 45.1. The Kier molecular flexibility index (Phi) is 5.57. The van der Waals surface area contributed by atoms with E-state index in [2.05, 4.69) is 15.7 Å². The van der Waals surface area contributed by atoms with Gasteiger partial charge in [0.25, 0.3) is 5.91 Å². The highest BCUT2D eigenvalue weighted by Gasteiger charge is 2.31. The van der Waals surface area contributed by atoms with E-state index in [1.54, 1.807) is 0 Å². The fourth-order valence-corrected chi connectivity index (χ4v) is 2.93. The van der Waals surface area contributed by atoms with Gasteiger partial charge in [0.05, 0.1) is 24.6 Å². The Morgan fingerprint density at radius 3 is 2.86 bits per heavy atom. The molecule has 1 aliphatic heterocycles. The molecule has 1 aromatic carbocycles. The van der Waals surface area contributed by atoms with E-state index in [1.165, 1.54) is 25.4 Å². The molecule has 2 N–H and O–H groups in total. The Morgan fingerprint density at radius 2 is 2.14 bits per heavy atom. The third kappa shape index (κ3) is 4.26. The molecule has 0 unspecified atom stereocenters. The maximum Gasteiger partial charge on any atom is 0.416 e. The van der Waals surface area contributed by atoms with Gasteiger partial charge in [-0.25, -0.2) is 4.68 Å². The average Bonchev–Trinajstić information content (AvgIpc) is 3.00. The van der Waals surface area contributed by atoms with E-state index in [4.69, 9.17) is 4.74 Å². The van der Waals surface area contributed by atoms with E-state index >= 15 is 0 Å². The van der Waals surface area contributed by atoms with Crippen LogP contribution in [0.4, 0.5) is 13.2 Å². The Balaban J connectivity index is 1.86. The number of nitrogens with zero attached hydrogens (tertiary/aromatic N) is 2. The fourth-order valence-electron chi connectivity index (χ4n) is 2.93. The predicted octanol–water partition coefficient (Wildman–Crippen LogP) is 2.30. The zero-order chi connectivity index (χ0) is 20.3. The molecule has 1 aromatic heterocycles. The van der Waals surface area contributed by atoms with Crippen molar-refractivity contribution in [1.82, 2.24) is 20.4 Å². The van der Waals surface area contributed by atoms with Gasteiger partial charge in [0, 0.05) is 6.54 Å². The number of benzene rings is 1. The van der Waals surface area contributed by atoms with Gasteiger partial charge in [0.15, 0.2) is 11.4 Å². The Bertz CT molecular complexity index is 879. The summed E-state index contributed by atoms with van der Waals surface area (Å²) in [6, 6.07) is 3.86. The van der Waals surface area contributed by atoms with Gasteiger partial charge >= 0.3 is 6.18 Å². The molecule has 2 amide bonds. The number of amides is 2. The maximum atomic E-state index is 12.9. The van der Waals surface area contributed by atoms with E-state index in [-0.39, 0.29) is 23.0 Å². The zero-order valence-corrected chi connectivity index (χ0v) is 15.0. The van der Waals surface area contributed by atoms with Gasteiger partial charge in [-0.1, -0.05) is 6.07 Å². The van der Waals surface area contributed by atoms with Crippen molar-refractivity contribution in [3.05, 3.63) is 41.7 Å². The van der Waals surface area contributed by atoms with Crippen molar-refractivity contribution in [1.29, 1.82) is 0 Å². The molecule has 0 bridgehead atoms. The van der Waals surface area contributed by atoms with Crippen molar-refractivity contribution in [2.24, 2.45) is 0 Å². The van der Waals surface area contributed by atoms with Gasteiger partial charge in [-0.2, -0.15) is 18.3 Å². The van der Waals surface area contributed by atoms with Crippen LogP contribution in [0.25, 0.3) is 5.69 Å². The number of hydrogen-bond donors (Lipinski definition) is 2. The second-order valence-electron chi connectivity index (χ2n) is 6.35. The lowest BCUT2D eigenvalue weighted by Crippen LogP contribution is -2.45. The molecule has 10 heteroatoms. The average molecular weight is 396 g/mol. The zero-order valence-electron chi connectivity index (χ0n) is 15.0. The summed E-state index contributed by atoms with van der Waals surface area (Å²) in [5.41, 5.74) is -0.822. The van der Waals surface area contributed by atoms with E-state index in [1.807, 2.05) is 0 Å². The molecule has 0 radical (unpaired) electrons. The Morgan fingerprint density at radius 1 is 1.36 bits per heavy atom. The van der Waals surface area contributed by atoms with Gasteiger partial charge in [-0.3, -0.25) is 9.59 Å². The lowest BCUT2D eigenvalue weighted by Gasteiger charge is -2.14. The molecular formula is C18H19F3N4O3. The fraction of sp³-hybridized carbons (Fsp3) is 0.389. The first-order valence-corrected chi connectivity index (χ1v) is 8.69. The molecular weight excluding hydrogens is 377 g/mol. The van der Waals surface area contributed by atoms with Crippen molar-refractivity contribution >= 4 is 11.8 Å². The first kappa shape index (κ1) is 19.7. The minimum absolute atomic E-state index is 0.0870. The molecule has 2 aromatic rings. The highest BCUT2D eigenvalue weighted by atomic mass is 19.4. The highest BCUT2D eigenvalue weighted by molar-refractivity contribution is 5.98. The number of aromatic nitrogens is 2. The van der Waals surface area contributed by atoms with Gasteiger partial charge in [-0.05, 0) is 37.5 Å². The van der Waals surface area contributed by atoms with Crippen LogP contribution in [-0.2, 0) is 11.0 Å². The first-order valence-electron chi connectivity index (χ1n) is 8.69. The second-order valence-corrected chi connectivity index (χ2v) is 6.35. The molecule has 2 heterocycles. The maximum absolute atomic E-state index is 12.9. The molecule has 1 fully saturated rings. The summed E-state index contributed by atoms with van der Waals surface area (Å²) in [4.78, 5) is 24.6. The van der Waals surface area contributed by atoms with Crippen molar-refractivity contribution in [3.63, 3.8) is 0 Å². The molecule has 1 aliphatic rings. The number of halogens is 3. The number of alkyl halides is 3. The standard InChI is InChI=1S/C18H19F3N4O3/c1-28-14-10-25(12-6-4-5-11(9-12)18(19,20)21)24-15(14)17(27)23-13-7-2-3-8-22-16(13)26/h4-6,9-10,13H,2-3,7-8H2,1H3,(H,22,26)(H,23,27)/t13-/m1/s1. The molecule has 150 valence electrons. The molecule has 0 saturated carbocycles. The number of carbonyl (C=O) groups is 2. The Labute approximate surface area is 158 Å². The van der Waals surface area contributed by atoms with Crippen LogP contribution in [0.5, 0.6) is 5.75 Å². The van der Waals surface area contributed by atoms with Gasteiger partial charge in [0.1, 0.15) is 6.04 Å². The highest BCUT2D eigenvalue weighted by Crippen LogP contribution is 2.30. The molecule has 28 heavy (non-hydrogen) atoms. The topological polar surface area (TPSA) is 85.2 Å². The van der Waals surface area contributed by atoms with Crippen LogP contribution in [0.3, 0.4) is 0 Å². The molecule has 1 saturated heterocycles. The van der Waals surface area contributed by atoms with Crippen molar-refractivity contribution in [2.45, 2.75) is 31.5 Å². The number of carbonyl (C=O) groups excluding carboxylic acids is 2. The van der Waals surface area contributed by atoms with Crippen LogP contribution in [0.2, 0.25) is 0 Å². The number of hydrogen-bond acceptors (Lipinski definition) is 4. The van der Waals surface area contributed by atoms with Crippen molar-refractivity contribution in [3.8, 4) is 11.4 Å². The van der Waals surface area contributed by atoms with Crippen molar-refractivity contribution < 1.29 is 27.5 Å². The summed E-state index contributed by atoms with van der Waals surface area (Å²) in [6.07, 6.45) is -1.09. The number of ether oxygens (including phenoxy) is 1. The van der Waals surface area contributed by atoms with E-state index in [0.717, 1.165) is 29.7 Å². The summed E-state index contributed by atoms with van der Waals surface area (Å²) in [5, 5.41) is 9.40. The number of methoxy groups -OCH3 is 1. The summed E-state index contributed by atoms with van der Waals surface area (Å²) in [5.74, 6) is -0.823. The van der Waals surface area contributed by atoms with Gasteiger partial charge in [0.2, 0.25) is 5.91 Å². The molecule has 7 nitrogen and oxygen atoms in total. The van der Waals surface area contributed by atoms with E-state index in [9.17, 15) is 22.8 Å². The van der Waals surface area contributed by atoms with Gasteiger partial charge < -0.3 is 15.4 Å². The number of rotatable bonds is 4. The van der Waals surface area contributed by atoms with E-state index < -0.39 is 23.7 Å². The van der Waals surface area contributed by atoms with E-state index in [0.29, 0.717) is 13.0 Å². The molecule has 3 rings (SSSR count). The Hall–Kier alpha value is -3.04. The number of nitrogens with one attached hydrogen (secondary N) is 2. The third-order valence-electron chi connectivity index (χ3n) is 4.39. The largest absolute Gasteiger partial charge is 0.493 e. The minimum atomic E-state index is -4.50. The smallest absolute Gasteiger partial charge is 0.416 e. The molecule has 0 aliphatic carbocycles. The SMILES string of the molecule is COc1cn(-c2cccc(C(F)(F)F)c2)nc1C(=O)N[C@@H]1CCCCNC1=O. The van der Waals surface area contributed by atoms with Crippen LogP contribution < -0.4 is 15.4 Å². The van der Waals surface area contributed by atoms with Crippen LogP contribution in [-0.4, -0.2) is 41.3 Å². The van der Waals surface area contributed by atoms with Gasteiger partial charge in [-0.15, -0.1) is 0 Å². The minimum Gasteiger partial charge on any atom is -0.493 e. The summed E-state index contributed by atoms with van der Waals surface area (Å²) >= 11 is 0. The lowest BCUT2D eigenvalue weighted by atomic mass is 10.1. The predicted molar refractivity (Wildman–Crippen MR) is 93.2 cm³/mol. The second kappa shape index (κ2) is 7.91. The van der Waals surface area contributed by atoms with Crippen LogP contribution in [0, 0.1) is 0 Å². The van der Waals surface area contributed by atoms with Crippen LogP contribution >= 0.6 is 0 Å². The quantitative estimate of drug-likeness (QED) is 0.831. The normalized spacial score (nSPS) is 17.6. The summed E-state index contributed by atoms with van der Waals surface area (Å²) in [6.45, 7) is 0.554. The monoisotopic (exact) mass is 396 g/mol. The first-order chi connectivity index (χ1) is 13.3.